The van der Waals surface area contributed by atoms with Crippen molar-refractivity contribution in [2.24, 2.45) is 49.3 Å². The van der Waals surface area contributed by atoms with Gasteiger partial charge in [-0.1, -0.05) is 85.2 Å². The Morgan fingerprint density at radius 1 is 0.430 bits per heavy atom. The summed E-state index contributed by atoms with van der Waals surface area (Å²) in [5, 5.41) is 37.6. The fourth-order valence-corrected chi connectivity index (χ4v) is 13.6. The van der Waals surface area contributed by atoms with Crippen molar-refractivity contribution < 1.29 is 28.5 Å². The number of aromatic nitrogens is 18. The maximum Gasteiger partial charge on any atom is -0.0843 e. The zero-order valence-corrected chi connectivity index (χ0v) is 77.3. The number of aryl methyl sites for hydroxylation is 7. The summed E-state index contributed by atoms with van der Waals surface area (Å²) in [6.45, 7) is 32.8. The van der Waals surface area contributed by atoms with Crippen LogP contribution < -0.4 is 20.6 Å². The molecule has 0 amide bonds. The van der Waals surface area contributed by atoms with Gasteiger partial charge in [-0.25, -0.2) is 0 Å². The molecule has 16 rings (SSSR count). The first-order valence-electron chi connectivity index (χ1n) is 35.9. The minimum Gasteiger partial charge on any atom is -0.450 e. The van der Waals surface area contributed by atoms with E-state index >= 15 is 0 Å². The van der Waals surface area contributed by atoms with Crippen molar-refractivity contribution in [2.75, 3.05) is 127 Å². The van der Waals surface area contributed by atoms with Gasteiger partial charge in [0.1, 0.15) is 11.4 Å². The summed E-state index contributed by atoms with van der Waals surface area (Å²) in [5.41, 5.74) is 19.0. The molecular formula is C74H113I4N25O2V2-2. The second-order valence-electron chi connectivity index (χ2n) is 29.4. The predicted octanol–water partition coefficient (Wildman–Crippen LogP) is 8.34. The van der Waals surface area contributed by atoms with Crippen molar-refractivity contribution >= 4 is 103 Å². The number of carbonyl (C=O) groups excluding carboxylic acids is 2. The standard InChI is InChI=1S/C11H19N3.C10H17N3.2C10H15N3.2C9H13N3O.C9H15N3.2C3H3N2.4HI.2V/c1-11(2)8-13(3)6-5-9-7-14(4)12-10(9)11;1-10(2)7-11-5-4-8-6-13(3)12-9(8)10;2*1-8-6-12(2)5-4-9-7-13(3)11-10(8)9;2*1-11-4-3-7-5-12(2)10-9(7)8(13)6-11;1-7-5-10-4-3-8-6-12(2)11-9(7)8;2*1-2-5-3-4-1;;;;;;/h7H,5-6,8H2,1-4H3;6,11H,4-5,7H2,1-3H3;2*7H,1,4-6H2,2-3H3;2*5H,3-4,6H2,1-2H3;6-7,10H,3-5H2,1-2H3;2*1-3H;4*1H;;/q;;;;;;;2*-1;;;;;2*+2/p-4. The number of nitrogens with one attached hydrogen (secondary N) is 2. The number of imidazole rings is 2. The summed E-state index contributed by atoms with van der Waals surface area (Å²) in [6, 6.07) is 0. The van der Waals surface area contributed by atoms with E-state index in [9.17, 15) is 9.59 Å². The van der Waals surface area contributed by atoms with Gasteiger partial charge in [0, 0.05) is 186 Å². The number of ketones is 2. The van der Waals surface area contributed by atoms with Crippen molar-refractivity contribution in [3.63, 3.8) is 0 Å². The molecule has 33 heteroatoms. The quantitative estimate of drug-likeness (QED) is 0.135. The number of likely N-dealkylation sites (N-methyl/N-ethyl adjacent to an activating group) is 5. The Kier molecular flexibility index (Phi) is 39.2. The Labute approximate surface area is 692 Å². The van der Waals surface area contributed by atoms with Crippen LogP contribution in [-0.4, -0.2) is 241 Å². The molecule has 0 saturated carbocycles. The maximum absolute atomic E-state index is 11.6. The largest absolute Gasteiger partial charge is 0.450 e. The van der Waals surface area contributed by atoms with Gasteiger partial charge in [-0.15, -0.1) is 0 Å². The van der Waals surface area contributed by atoms with Crippen LogP contribution in [-0.2, 0) is 124 Å². The Hall–Kier alpha value is -4.48. The van der Waals surface area contributed by atoms with Crippen LogP contribution in [0.5, 0.6) is 0 Å². The van der Waals surface area contributed by atoms with E-state index in [4.69, 9.17) is 0 Å². The van der Waals surface area contributed by atoms with Crippen molar-refractivity contribution in [1.82, 2.24) is 124 Å². The summed E-state index contributed by atoms with van der Waals surface area (Å²) in [4.78, 5) is 48.7. The van der Waals surface area contributed by atoms with E-state index < -0.39 is 0 Å². The van der Waals surface area contributed by atoms with Gasteiger partial charge in [0.15, 0.2) is 11.6 Å². The second-order valence-corrected chi connectivity index (χ2v) is 52.9. The second kappa shape index (κ2) is 45.9. The molecule has 0 aromatic carbocycles. The van der Waals surface area contributed by atoms with Crippen LogP contribution in [0.4, 0.5) is 0 Å². The topological polar surface area (TPSA) is 253 Å². The third kappa shape index (κ3) is 30.2. The molecule has 0 bridgehead atoms. The van der Waals surface area contributed by atoms with E-state index in [0.717, 1.165) is 157 Å². The first-order chi connectivity index (χ1) is 50.8. The number of fused-ring (bicyclic) bond motifs is 7. The Balaban J connectivity index is 0.000000189. The molecule has 1 unspecified atom stereocenters. The van der Waals surface area contributed by atoms with E-state index in [1.807, 2.05) is 109 Å². The van der Waals surface area contributed by atoms with Crippen molar-refractivity contribution in [3.05, 3.63) is 173 Å². The Morgan fingerprint density at radius 3 is 1.17 bits per heavy atom. The van der Waals surface area contributed by atoms with Crippen LogP contribution in [0.15, 0.2) is 94.0 Å². The average molecular weight is 1990 g/mol. The molecule has 7 aliphatic rings. The molecule has 27 nitrogen and oxygen atoms in total. The van der Waals surface area contributed by atoms with Crippen LogP contribution in [0, 0.1) is 0 Å². The minimum absolute atomic E-state index is 0.135. The third-order valence-electron chi connectivity index (χ3n) is 18.4. The first-order valence-corrected chi connectivity index (χ1v) is 53.9. The molecule has 7 aliphatic heterocycles. The number of rotatable bonds is 0. The summed E-state index contributed by atoms with van der Waals surface area (Å²) in [6.07, 6.45) is 31.4. The minimum atomic E-state index is 0.135. The van der Waals surface area contributed by atoms with E-state index in [1.54, 1.807) is 34.2 Å². The van der Waals surface area contributed by atoms with Crippen LogP contribution in [0.1, 0.15) is 129 Å². The Bertz CT molecular complexity index is 3790. The van der Waals surface area contributed by atoms with E-state index in [0.29, 0.717) is 49.3 Å². The van der Waals surface area contributed by atoms with Crippen LogP contribution in [0.25, 0.3) is 11.1 Å². The molecule has 9 aromatic heterocycles. The van der Waals surface area contributed by atoms with Gasteiger partial charge in [0.05, 0.1) is 41.6 Å². The predicted molar refractivity (Wildman–Crippen MR) is 454 cm³/mol. The molecule has 1 atom stereocenters. The monoisotopic (exact) mass is 1990 g/mol. The zero-order valence-electron chi connectivity index (χ0n) is 65.9. The summed E-state index contributed by atoms with van der Waals surface area (Å²) in [5.74, 6) is 0.829. The van der Waals surface area contributed by atoms with E-state index in [-0.39, 0.29) is 22.4 Å². The molecule has 0 saturated heterocycles. The molecule has 0 fully saturated rings. The summed E-state index contributed by atoms with van der Waals surface area (Å²) in [7, 11) is 25.2. The van der Waals surface area contributed by atoms with Gasteiger partial charge in [-0.05, 0) is 132 Å². The van der Waals surface area contributed by atoms with E-state index in [1.165, 1.54) is 57.6 Å². The third-order valence-corrected chi connectivity index (χ3v) is 18.4. The summed E-state index contributed by atoms with van der Waals surface area (Å²) >= 11 is 9.48. The number of carbonyl (C=O) groups is 2. The van der Waals surface area contributed by atoms with Crippen LogP contribution >= 0.6 is 79.9 Å². The average Bonchev–Trinajstić information content (AvgIpc) is 1.66. The normalized spacial score (nSPS) is 18.0. The van der Waals surface area contributed by atoms with Crippen LogP contribution in [0.2, 0.25) is 0 Å². The van der Waals surface area contributed by atoms with Gasteiger partial charge in [0.25, 0.3) is 0 Å². The smallest absolute Gasteiger partial charge is 0.0843 e. The molecule has 586 valence electrons. The van der Waals surface area contributed by atoms with Gasteiger partial charge in [-0.3, -0.25) is 52.2 Å². The molecule has 0 aliphatic carbocycles. The number of hydrogen-bond donors (Lipinski definition) is 2. The molecule has 16 heterocycles. The fraction of sp³-hybridized carbons (Fsp3) is 0.554. The molecule has 2 N–H and O–H groups in total. The zero-order chi connectivity index (χ0) is 78.5. The number of Topliss-reactive ketones (excluding diaryl/α,β-unsaturated/α-hetero) is 2. The van der Waals surface area contributed by atoms with Crippen molar-refractivity contribution in [1.29, 1.82) is 0 Å². The number of nitrogens with zero attached hydrogens (tertiary/aromatic N) is 23. The molecule has 107 heavy (non-hydrogen) atoms. The molecule has 9 aromatic rings. The van der Waals surface area contributed by atoms with Crippen LogP contribution in [0.3, 0.4) is 0 Å². The number of halogens is 4. The van der Waals surface area contributed by atoms with E-state index in [2.05, 4.69) is 261 Å². The van der Waals surface area contributed by atoms with Gasteiger partial charge in [0.2, 0.25) is 0 Å². The molecular weight excluding hydrogens is 1880 g/mol. The molecule has 0 spiro atoms. The number of hydrogen-bond acceptors (Lipinski definition) is 18. The Morgan fingerprint density at radius 2 is 0.757 bits per heavy atom. The molecule has 0 radical (unpaired) electrons. The van der Waals surface area contributed by atoms with Gasteiger partial charge < -0.3 is 45.3 Å². The SMILES string of the molecule is C=C1CN(C)CCc2cn(C)nc21.C=C1CN(C)CCc2cn(C)nc21.CC1CNCCc2cn(C)nc21.CN1CCc2cn(C)nc2C(=O)C1.CN1CCc2cn(C)nc2C(=O)C1.CN1CCc2cn(C)nc2C(C)(C)C1.Cn1cc2c(n1)C(C)(C)CNCC2.[I][V][I].[I][V][I].c1c[n-]cn1.c1c[n-]cn1. The van der Waals surface area contributed by atoms with Gasteiger partial charge >= 0.3 is 98.8 Å². The van der Waals surface area contributed by atoms with Gasteiger partial charge in [-0.2, -0.15) is 35.7 Å². The maximum atomic E-state index is 11.6. The van der Waals surface area contributed by atoms with Crippen molar-refractivity contribution in [3.8, 4) is 0 Å². The van der Waals surface area contributed by atoms with Crippen molar-refractivity contribution in [2.45, 2.75) is 96.3 Å². The fourth-order valence-electron chi connectivity index (χ4n) is 13.6. The first kappa shape index (κ1) is 91.4. The summed E-state index contributed by atoms with van der Waals surface area (Å²) < 4.78 is 13.0.